The van der Waals surface area contributed by atoms with E-state index in [-0.39, 0.29) is 12.1 Å². The van der Waals surface area contributed by atoms with Crippen LogP contribution in [-0.2, 0) is 6.42 Å². The Bertz CT molecular complexity index is 581. The predicted molar refractivity (Wildman–Crippen MR) is 77.4 cm³/mol. The van der Waals surface area contributed by atoms with Gasteiger partial charge in [-0.2, -0.15) is 0 Å². The van der Waals surface area contributed by atoms with E-state index >= 15 is 0 Å². The van der Waals surface area contributed by atoms with Crippen LogP contribution in [-0.4, -0.2) is 6.10 Å². The molecular weight excluding hydrogens is 234 g/mol. The molecule has 98 valence electrons. The number of fused-ring (bicyclic) bond motifs is 1. The molecule has 1 heterocycles. The molecule has 2 aromatic carbocycles. The first-order valence-corrected chi connectivity index (χ1v) is 6.72. The molecule has 0 radical (unpaired) electrons. The first kappa shape index (κ1) is 12.2. The smallest absolute Gasteiger partial charge is 0.123 e. The van der Waals surface area contributed by atoms with Crippen molar-refractivity contribution in [3.05, 3.63) is 64.7 Å². The molecule has 0 spiro atoms. The lowest BCUT2D eigenvalue weighted by atomic mass is 9.94. The molecule has 0 aliphatic carbocycles. The zero-order chi connectivity index (χ0) is 13.4. The van der Waals surface area contributed by atoms with Gasteiger partial charge in [0, 0.05) is 6.42 Å². The lowest BCUT2D eigenvalue weighted by molar-refractivity contribution is 0.199. The molecule has 0 bridgehead atoms. The summed E-state index contributed by atoms with van der Waals surface area (Å²) in [5, 5.41) is 0. The second-order valence-corrected chi connectivity index (χ2v) is 5.35. The summed E-state index contributed by atoms with van der Waals surface area (Å²) in [6.45, 7) is 4.22. The highest BCUT2D eigenvalue weighted by molar-refractivity contribution is 5.40. The first-order valence-electron chi connectivity index (χ1n) is 6.72. The van der Waals surface area contributed by atoms with Crippen molar-refractivity contribution in [1.82, 2.24) is 0 Å². The number of para-hydroxylation sites is 1. The van der Waals surface area contributed by atoms with Gasteiger partial charge in [-0.1, -0.05) is 42.0 Å². The van der Waals surface area contributed by atoms with Crippen molar-refractivity contribution >= 4 is 0 Å². The van der Waals surface area contributed by atoms with Crippen molar-refractivity contribution < 1.29 is 4.74 Å². The Labute approximate surface area is 114 Å². The minimum absolute atomic E-state index is 0.0406. The molecule has 0 saturated heterocycles. The van der Waals surface area contributed by atoms with Gasteiger partial charge in [0.05, 0.1) is 6.04 Å². The van der Waals surface area contributed by atoms with Crippen molar-refractivity contribution in [2.75, 3.05) is 0 Å². The van der Waals surface area contributed by atoms with E-state index in [0.717, 1.165) is 12.2 Å². The van der Waals surface area contributed by atoms with E-state index in [9.17, 15) is 0 Å². The molecule has 1 aliphatic heterocycles. The van der Waals surface area contributed by atoms with Gasteiger partial charge in [-0.15, -0.1) is 0 Å². The molecular formula is C17H19NO. The zero-order valence-corrected chi connectivity index (χ0v) is 11.4. The summed E-state index contributed by atoms with van der Waals surface area (Å²) in [5.74, 6) is 0.979. The molecule has 0 fully saturated rings. The first-order chi connectivity index (χ1) is 9.15. The molecule has 2 heteroatoms. The monoisotopic (exact) mass is 253 g/mol. The van der Waals surface area contributed by atoms with Crippen LogP contribution < -0.4 is 10.5 Å². The second kappa shape index (κ2) is 4.71. The number of benzene rings is 2. The molecule has 0 aromatic heterocycles. The molecule has 0 amide bonds. The maximum atomic E-state index is 6.41. The van der Waals surface area contributed by atoms with Crippen molar-refractivity contribution in [2.24, 2.45) is 5.73 Å². The number of nitrogens with two attached hydrogens (primary N) is 1. The standard InChI is InChI=1S/C17H19NO/c1-11-7-8-14(12(2)9-11)17(18)16-10-13-5-3-4-6-15(13)19-16/h3-9,16-17H,10,18H2,1-2H3. The van der Waals surface area contributed by atoms with E-state index in [0.29, 0.717) is 0 Å². The summed E-state index contributed by atoms with van der Waals surface area (Å²) >= 11 is 0. The van der Waals surface area contributed by atoms with Gasteiger partial charge in [-0.3, -0.25) is 0 Å². The van der Waals surface area contributed by atoms with Crippen molar-refractivity contribution in [3.63, 3.8) is 0 Å². The van der Waals surface area contributed by atoms with Crippen molar-refractivity contribution in [3.8, 4) is 5.75 Å². The average molecular weight is 253 g/mol. The topological polar surface area (TPSA) is 35.2 Å². The van der Waals surface area contributed by atoms with Gasteiger partial charge < -0.3 is 10.5 Å². The van der Waals surface area contributed by atoms with Crippen LogP contribution in [0.1, 0.15) is 28.3 Å². The molecule has 1 aliphatic rings. The van der Waals surface area contributed by atoms with E-state index < -0.39 is 0 Å². The third-order valence-corrected chi connectivity index (χ3v) is 3.86. The largest absolute Gasteiger partial charge is 0.488 e. The molecule has 2 N–H and O–H groups in total. The van der Waals surface area contributed by atoms with Gasteiger partial charge in [0.15, 0.2) is 0 Å². The second-order valence-electron chi connectivity index (χ2n) is 5.35. The van der Waals surface area contributed by atoms with Crippen molar-refractivity contribution in [2.45, 2.75) is 32.4 Å². The molecule has 0 saturated carbocycles. The summed E-state index contributed by atoms with van der Waals surface area (Å²) in [5.41, 5.74) is 11.4. The van der Waals surface area contributed by atoms with Gasteiger partial charge in [-0.25, -0.2) is 0 Å². The SMILES string of the molecule is Cc1ccc(C(N)C2Cc3ccccc3O2)c(C)c1. The van der Waals surface area contributed by atoms with Crippen LogP contribution in [0.3, 0.4) is 0 Å². The third kappa shape index (κ3) is 2.24. The van der Waals surface area contributed by atoms with Crippen LogP contribution in [0.25, 0.3) is 0 Å². The number of ether oxygens (including phenoxy) is 1. The Balaban J connectivity index is 1.85. The van der Waals surface area contributed by atoms with E-state index in [1.807, 2.05) is 18.2 Å². The van der Waals surface area contributed by atoms with Crippen molar-refractivity contribution in [1.29, 1.82) is 0 Å². The van der Waals surface area contributed by atoms with E-state index in [4.69, 9.17) is 10.5 Å². The fourth-order valence-corrected chi connectivity index (χ4v) is 2.81. The summed E-state index contributed by atoms with van der Waals surface area (Å²) in [7, 11) is 0. The van der Waals surface area contributed by atoms with Crippen LogP contribution in [0.2, 0.25) is 0 Å². The number of aryl methyl sites for hydroxylation is 2. The van der Waals surface area contributed by atoms with E-state index in [2.05, 4.69) is 38.1 Å². The Kier molecular flexibility index (Phi) is 3.03. The lowest BCUT2D eigenvalue weighted by Crippen LogP contribution is -2.30. The summed E-state index contributed by atoms with van der Waals surface area (Å²) in [6.07, 6.45) is 0.934. The maximum absolute atomic E-state index is 6.41. The van der Waals surface area contributed by atoms with Gasteiger partial charge in [-0.05, 0) is 36.6 Å². The van der Waals surface area contributed by atoms with E-state index in [1.165, 1.54) is 22.3 Å². The molecule has 19 heavy (non-hydrogen) atoms. The summed E-state index contributed by atoms with van der Waals surface area (Å²) in [6, 6.07) is 14.5. The summed E-state index contributed by atoms with van der Waals surface area (Å²) in [4.78, 5) is 0. The Morgan fingerprint density at radius 2 is 1.95 bits per heavy atom. The predicted octanol–water partition coefficient (Wildman–Crippen LogP) is 3.31. The average Bonchev–Trinajstić information content (AvgIpc) is 2.81. The van der Waals surface area contributed by atoms with Crippen LogP contribution in [0.5, 0.6) is 5.75 Å². The fourth-order valence-electron chi connectivity index (χ4n) is 2.81. The minimum atomic E-state index is -0.0759. The number of hydrogen-bond acceptors (Lipinski definition) is 2. The molecule has 2 nitrogen and oxygen atoms in total. The molecule has 2 unspecified atom stereocenters. The highest BCUT2D eigenvalue weighted by Crippen LogP contribution is 2.33. The summed E-state index contributed by atoms with van der Waals surface area (Å²) < 4.78 is 5.98. The number of hydrogen-bond donors (Lipinski definition) is 1. The number of rotatable bonds is 2. The Morgan fingerprint density at radius 1 is 1.16 bits per heavy atom. The van der Waals surface area contributed by atoms with Gasteiger partial charge in [0.2, 0.25) is 0 Å². The van der Waals surface area contributed by atoms with Gasteiger partial charge in [0.1, 0.15) is 11.9 Å². The van der Waals surface area contributed by atoms with Gasteiger partial charge >= 0.3 is 0 Å². The Morgan fingerprint density at radius 3 is 2.68 bits per heavy atom. The molecule has 3 rings (SSSR count). The highest BCUT2D eigenvalue weighted by Gasteiger charge is 2.29. The Hall–Kier alpha value is -1.80. The van der Waals surface area contributed by atoms with Crippen LogP contribution >= 0.6 is 0 Å². The van der Waals surface area contributed by atoms with Crippen LogP contribution in [0, 0.1) is 13.8 Å². The molecule has 2 atom stereocenters. The highest BCUT2D eigenvalue weighted by atomic mass is 16.5. The maximum Gasteiger partial charge on any atom is 0.123 e. The van der Waals surface area contributed by atoms with E-state index in [1.54, 1.807) is 0 Å². The normalized spacial score (nSPS) is 18.8. The van der Waals surface area contributed by atoms with Crippen LogP contribution in [0.15, 0.2) is 42.5 Å². The quantitative estimate of drug-likeness (QED) is 0.891. The fraction of sp³-hybridized carbons (Fsp3) is 0.294. The molecule has 2 aromatic rings. The zero-order valence-electron chi connectivity index (χ0n) is 11.4. The minimum Gasteiger partial charge on any atom is -0.488 e. The van der Waals surface area contributed by atoms with Gasteiger partial charge in [0.25, 0.3) is 0 Å². The third-order valence-electron chi connectivity index (χ3n) is 3.86. The van der Waals surface area contributed by atoms with Crippen LogP contribution in [0.4, 0.5) is 0 Å². The lowest BCUT2D eigenvalue weighted by Gasteiger charge is -2.21.